The van der Waals surface area contributed by atoms with E-state index >= 15 is 0 Å². The predicted octanol–water partition coefficient (Wildman–Crippen LogP) is 1.90. The lowest BCUT2D eigenvalue weighted by atomic mass is 9.53. The van der Waals surface area contributed by atoms with Crippen LogP contribution in [0, 0.1) is 5.92 Å². The molecule has 2 saturated heterocycles. The lowest BCUT2D eigenvalue weighted by Gasteiger charge is -2.38. The van der Waals surface area contributed by atoms with Gasteiger partial charge in [-0.2, -0.15) is 0 Å². The maximum absolute atomic E-state index is 12.8. The van der Waals surface area contributed by atoms with E-state index in [9.17, 15) is 14.4 Å². The van der Waals surface area contributed by atoms with Crippen LogP contribution in [0.3, 0.4) is 0 Å². The fourth-order valence-corrected chi connectivity index (χ4v) is 4.97. The molecule has 4 atom stereocenters. The van der Waals surface area contributed by atoms with Crippen LogP contribution in [0.25, 0.3) is 0 Å². The third-order valence-corrected chi connectivity index (χ3v) is 6.47. The highest BCUT2D eigenvalue weighted by atomic mass is 35.5. The summed E-state index contributed by atoms with van der Waals surface area (Å²) in [5.41, 5.74) is 0.215. The second-order valence-electron chi connectivity index (χ2n) is 8.69. The highest BCUT2D eigenvalue weighted by Crippen LogP contribution is 2.34. The van der Waals surface area contributed by atoms with Gasteiger partial charge in [0.2, 0.25) is 0 Å². The molecule has 2 fully saturated rings. The zero-order valence-corrected chi connectivity index (χ0v) is 18.9. The summed E-state index contributed by atoms with van der Waals surface area (Å²) < 4.78 is 11.8. The summed E-state index contributed by atoms with van der Waals surface area (Å²) in [5, 5.41) is 3.25. The van der Waals surface area contributed by atoms with Crippen LogP contribution >= 0.6 is 23.2 Å². The zero-order valence-electron chi connectivity index (χ0n) is 17.4. The van der Waals surface area contributed by atoms with E-state index in [0.717, 1.165) is 4.81 Å². The Bertz CT molecular complexity index is 852. The minimum absolute atomic E-state index is 0.130. The maximum atomic E-state index is 12.8. The molecular formula is C20H27BCl2N2O5. The SMILES string of the molecule is CC(C)C[C@H](CC(=O)CNC(=O)c1cc(Cl)ccc1Cl)[B-]12OC[C@@H](C)[NH+]1CC(=O)O2. The van der Waals surface area contributed by atoms with Gasteiger partial charge in [0.25, 0.3) is 5.91 Å². The van der Waals surface area contributed by atoms with Crippen molar-refractivity contribution in [1.82, 2.24) is 5.32 Å². The molecule has 1 aromatic rings. The first-order valence-electron chi connectivity index (χ1n) is 10.2. The molecular weight excluding hydrogens is 430 g/mol. The standard InChI is InChI=1S/C20H27BCl2N2O5/c1-12(2)6-14(21-25(10-19(27)30-21)13(3)11-29-21)7-16(26)9-24-20(28)17-8-15(22)4-5-18(17)23/h4-5,8,12-14,25H,6-7,9-11H2,1-3H3,(H,24,28)/t13-,14-,21?/m1/s1. The first-order chi connectivity index (χ1) is 14.1. The molecule has 2 unspecified atom stereocenters. The maximum Gasteiger partial charge on any atom is 0.530 e. The van der Waals surface area contributed by atoms with Gasteiger partial charge in [0.1, 0.15) is 12.3 Å². The molecule has 3 rings (SSSR count). The molecule has 10 heteroatoms. The molecule has 1 aromatic carbocycles. The Morgan fingerprint density at radius 3 is 2.77 bits per heavy atom. The molecule has 2 heterocycles. The van der Waals surface area contributed by atoms with Crippen molar-refractivity contribution < 1.29 is 28.5 Å². The van der Waals surface area contributed by atoms with Gasteiger partial charge < -0.3 is 19.4 Å². The number of halogens is 2. The molecule has 0 radical (unpaired) electrons. The Hall–Kier alpha value is -1.61. The molecule has 2 aliphatic heterocycles. The summed E-state index contributed by atoms with van der Waals surface area (Å²) in [5.74, 6) is -0.866. The molecule has 164 valence electrons. The Balaban J connectivity index is 1.68. The second kappa shape index (κ2) is 9.26. The summed E-state index contributed by atoms with van der Waals surface area (Å²) in [6, 6.07) is 4.71. The van der Waals surface area contributed by atoms with E-state index < -0.39 is 12.6 Å². The number of rotatable bonds is 8. The van der Waals surface area contributed by atoms with Crippen molar-refractivity contribution in [2.24, 2.45) is 5.92 Å². The molecule has 0 spiro atoms. The van der Waals surface area contributed by atoms with Crippen LogP contribution in [0.1, 0.15) is 44.0 Å². The fraction of sp³-hybridized carbons (Fsp3) is 0.550. The quantitative estimate of drug-likeness (QED) is 0.583. The third kappa shape index (κ3) is 4.83. The van der Waals surface area contributed by atoms with E-state index in [2.05, 4.69) is 19.2 Å². The van der Waals surface area contributed by atoms with Crippen molar-refractivity contribution in [1.29, 1.82) is 0 Å². The minimum Gasteiger partial charge on any atom is -0.611 e. The smallest absolute Gasteiger partial charge is 0.530 e. The monoisotopic (exact) mass is 456 g/mol. The number of hydrogen-bond donors (Lipinski definition) is 2. The number of nitrogens with one attached hydrogen (secondary N) is 2. The first kappa shape index (κ1) is 23.1. The van der Waals surface area contributed by atoms with Crippen LogP contribution in [0.2, 0.25) is 15.9 Å². The Labute approximate surface area is 186 Å². The van der Waals surface area contributed by atoms with Crippen molar-refractivity contribution in [3.8, 4) is 0 Å². The topological polar surface area (TPSA) is 86.1 Å². The number of carbonyl (C=O) groups is 3. The van der Waals surface area contributed by atoms with E-state index in [1.807, 2.05) is 6.92 Å². The van der Waals surface area contributed by atoms with Crippen molar-refractivity contribution >= 4 is 47.5 Å². The molecule has 0 bridgehead atoms. The van der Waals surface area contributed by atoms with E-state index in [1.165, 1.54) is 12.1 Å². The second-order valence-corrected chi connectivity index (χ2v) is 9.53. The van der Waals surface area contributed by atoms with E-state index in [4.69, 9.17) is 32.5 Å². The molecule has 0 saturated carbocycles. The number of quaternary nitrogens is 1. The van der Waals surface area contributed by atoms with Crippen LogP contribution in [0.15, 0.2) is 18.2 Å². The van der Waals surface area contributed by atoms with Gasteiger partial charge in [0.05, 0.1) is 29.8 Å². The zero-order chi connectivity index (χ0) is 22.1. The van der Waals surface area contributed by atoms with Crippen molar-refractivity contribution in [3.05, 3.63) is 33.8 Å². The predicted molar refractivity (Wildman–Crippen MR) is 115 cm³/mol. The molecule has 0 aromatic heterocycles. The van der Waals surface area contributed by atoms with Gasteiger partial charge in [-0.25, -0.2) is 0 Å². The van der Waals surface area contributed by atoms with Gasteiger partial charge in [-0.1, -0.05) is 43.5 Å². The van der Waals surface area contributed by atoms with Crippen LogP contribution in [-0.2, 0) is 18.9 Å². The molecule has 1 amide bonds. The number of fused-ring (bicyclic) bond motifs is 1. The Morgan fingerprint density at radius 2 is 2.07 bits per heavy atom. The minimum atomic E-state index is -1.94. The third-order valence-electron chi connectivity index (χ3n) is 5.90. The molecule has 0 aliphatic carbocycles. The summed E-state index contributed by atoms with van der Waals surface area (Å²) in [6.45, 7) is 4.80. The van der Waals surface area contributed by atoms with E-state index in [1.54, 1.807) is 6.07 Å². The number of amides is 1. The largest absolute Gasteiger partial charge is 0.611 e. The average molecular weight is 457 g/mol. The Morgan fingerprint density at radius 1 is 1.33 bits per heavy atom. The number of Topliss-reactive ketones (excluding diaryl/α,β-unsaturated/α-hetero) is 1. The van der Waals surface area contributed by atoms with Crippen LogP contribution in [-0.4, -0.2) is 50.1 Å². The van der Waals surface area contributed by atoms with Gasteiger partial charge >= 0.3 is 12.7 Å². The fourth-order valence-electron chi connectivity index (χ4n) is 4.60. The lowest BCUT2D eigenvalue weighted by molar-refractivity contribution is -0.807. The van der Waals surface area contributed by atoms with E-state index in [-0.39, 0.29) is 53.7 Å². The summed E-state index contributed by atoms with van der Waals surface area (Å²) in [4.78, 5) is 38.2. The molecule has 30 heavy (non-hydrogen) atoms. The average Bonchev–Trinajstić information content (AvgIpc) is 3.17. The molecule has 2 aliphatic rings. The normalized spacial score (nSPS) is 26.4. The van der Waals surface area contributed by atoms with Gasteiger partial charge in [0.15, 0.2) is 0 Å². The highest BCUT2D eigenvalue weighted by Gasteiger charge is 2.61. The summed E-state index contributed by atoms with van der Waals surface area (Å²) in [6.07, 6.45) is 0.842. The molecule has 7 nitrogen and oxygen atoms in total. The first-order valence-corrected chi connectivity index (χ1v) is 11.0. The number of benzene rings is 1. The van der Waals surface area contributed by atoms with Crippen molar-refractivity contribution in [3.63, 3.8) is 0 Å². The number of ketones is 1. The van der Waals surface area contributed by atoms with Gasteiger partial charge in [0, 0.05) is 5.02 Å². The van der Waals surface area contributed by atoms with Gasteiger partial charge in [-0.15, -0.1) is 0 Å². The van der Waals surface area contributed by atoms with Crippen molar-refractivity contribution in [2.45, 2.75) is 45.5 Å². The van der Waals surface area contributed by atoms with Crippen molar-refractivity contribution in [2.75, 3.05) is 19.7 Å². The van der Waals surface area contributed by atoms with Crippen LogP contribution in [0.4, 0.5) is 0 Å². The van der Waals surface area contributed by atoms with Gasteiger partial charge in [-0.05, 0) is 43.3 Å². The van der Waals surface area contributed by atoms with Crippen LogP contribution in [0.5, 0.6) is 0 Å². The van der Waals surface area contributed by atoms with Gasteiger partial charge in [-0.3, -0.25) is 14.4 Å². The number of hydrogen-bond acceptors (Lipinski definition) is 5. The number of carbonyl (C=O) groups excluding carboxylic acids is 3. The van der Waals surface area contributed by atoms with Crippen LogP contribution < -0.4 is 10.1 Å². The molecule has 2 N–H and O–H groups in total. The Kier molecular flexibility index (Phi) is 7.12. The lowest BCUT2D eigenvalue weighted by Crippen LogP contribution is -3.22. The summed E-state index contributed by atoms with van der Waals surface area (Å²) in [7, 11) is 0. The van der Waals surface area contributed by atoms with E-state index in [0.29, 0.717) is 24.0 Å². The summed E-state index contributed by atoms with van der Waals surface area (Å²) >= 11 is 12.0. The highest BCUT2D eigenvalue weighted by molar-refractivity contribution is 6.64.